The Bertz CT molecular complexity index is 609. The smallest absolute Gasteiger partial charge is 0.210 e. The highest BCUT2D eigenvalue weighted by Gasteiger charge is 2.32. The van der Waals surface area contributed by atoms with Crippen LogP contribution in [0, 0.1) is 0 Å². The summed E-state index contributed by atoms with van der Waals surface area (Å²) in [6, 6.07) is 7.51. The van der Waals surface area contributed by atoms with Crippen molar-refractivity contribution in [2.24, 2.45) is 0 Å². The zero-order valence-electron chi connectivity index (χ0n) is 9.09. The minimum atomic E-state index is -3.26. The fraction of sp³-hybridized carbons (Fsp3) is 0.364. The summed E-state index contributed by atoms with van der Waals surface area (Å²) in [7, 11) is -3.26. The van der Waals surface area contributed by atoms with E-state index in [-0.39, 0.29) is 9.59 Å². The summed E-state index contributed by atoms with van der Waals surface area (Å²) in [6.45, 7) is 1.31. The van der Waals surface area contributed by atoms with Crippen molar-refractivity contribution >= 4 is 31.4 Å². The lowest BCUT2D eigenvalue weighted by Gasteiger charge is -2.06. The number of rotatable bonds is 2. The Balaban J connectivity index is 2.08. The molecule has 1 N–H and O–H groups in total. The molecular weight excluding hydrogens is 256 g/mol. The summed E-state index contributed by atoms with van der Waals surface area (Å²) in [5, 5.41) is 2.76. The van der Waals surface area contributed by atoms with Crippen LogP contribution < -0.4 is 5.32 Å². The summed E-state index contributed by atoms with van der Waals surface area (Å²) in [6.07, 6.45) is 0.679. The van der Waals surface area contributed by atoms with Crippen LogP contribution >= 0.6 is 11.3 Å². The number of nitrogens with zero attached hydrogens (tertiary/aromatic N) is 1. The van der Waals surface area contributed by atoms with E-state index in [9.17, 15) is 8.42 Å². The van der Waals surface area contributed by atoms with Crippen LogP contribution in [0.5, 0.6) is 0 Å². The largest absolute Gasteiger partial charge is 0.315 e. The molecule has 17 heavy (non-hydrogen) atoms. The second kappa shape index (κ2) is 4.04. The number of fused-ring (bicyclic) bond motifs is 1. The van der Waals surface area contributed by atoms with Crippen LogP contribution in [0.15, 0.2) is 28.6 Å². The highest BCUT2D eigenvalue weighted by molar-refractivity contribution is 7.94. The number of thiazole rings is 1. The van der Waals surface area contributed by atoms with E-state index in [1.54, 1.807) is 0 Å². The molecule has 1 aromatic carbocycles. The van der Waals surface area contributed by atoms with Crippen LogP contribution in [0.4, 0.5) is 0 Å². The first-order valence-electron chi connectivity index (χ1n) is 5.48. The number of hydrogen-bond acceptors (Lipinski definition) is 5. The molecule has 0 unspecified atom stereocenters. The minimum Gasteiger partial charge on any atom is -0.315 e. The van der Waals surface area contributed by atoms with Gasteiger partial charge in [-0.1, -0.05) is 12.1 Å². The van der Waals surface area contributed by atoms with Gasteiger partial charge in [0.15, 0.2) is 0 Å². The van der Waals surface area contributed by atoms with Crippen LogP contribution in [0.3, 0.4) is 0 Å². The predicted octanol–water partition coefficient (Wildman–Crippen LogP) is 1.43. The zero-order valence-corrected chi connectivity index (χ0v) is 10.7. The Morgan fingerprint density at radius 2 is 2.18 bits per heavy atom. The standard InChI is InChI=1S/C11H12N2O2S2/c14-17(15,8-5-6-12-7-8)11-13-9-3-1-2-4-10(9)16-11/h1-4,8,12H,5-7H2/t8-/m0/s1. The molecule has 0 radical (unpaired) electrons. The van der Waals surface area contributed by atoms with Crippen LogP contribution in [0.2, 0.25) is 0 Å². The van der Waals surface area contributed by atoms with Crippen LogP contribution in [0.25, 0.3) is 10.2 Å². The Labute approximate surface area is 104 Å². The quantitative estimate of drug-likeness (QED) is 0.895. The molecule has 4 nitrogen and oxygen atoms in total. The Morgan fingerprint density at radius 1 is 1.35 bits per heavy atom. The predicted molar refractivity (Wildman–Crippen MR) is 68.1 cm³/mol. The van der Waals surface area contributed by atoms with Crippen molar-refractivity contribution in [3.63, 3.8) is 0 Å². The third kappa shape index (κ3) is 1.86. The fourth-order valence-electron chi connectivity index (χ4n) is 2.01. The van der Waals surface area contributed by atoms with Gasteiger partial charge in [-0.2, -0.15) is 0 Å². The van der Waals surface area contributed by atoms with Gasteiger partial charge in [0.25, 0.3) is 0 Å². The van der Waals surface area contributed by atoms with Crippen molar-refractivity contribution in [3.05, 3.63) is 24.3 Å². The average Bonchev–Trinajstić information content (AvgIpc) is 2.98. The van der Waals surface area contributed by atoms with Crippen molar-refractivity contribution in [2.75, 3.05) is 13.1 Å². The number of sulfone groups is 1. The topological polar surface area (TPSA) is 59.1 Å². The van der Waals surface area contributed by atoms with Gasteiger partial charge in [-0.15, -0.1) is 11.3 Å². The van der Waals surface area contributed by atoms with Gasteiger partial charge in [-0.3, -0.25) is 0 Å². The van der Waals surface area contributed by atoms with Gasteiger partial charge in [0, 0.05) is 6.54 Å². The molecule has 0 bridgehead atoms. The SMILES string of the molecule is O=S(=O)(c1nc2ccccc2s1)[C@H]1CCNC1. The molecule has 1 aromatic heterocycles. The number of aromatic nitrogens is 1. The average molecular weight is 268 g/mol. The van der Waals surface area contributed by atoms with Crippen LogP contribution in [-0.2, 0) is 9.84 Å². The van der Waals surface area contributed by atoms with Crippen LogP contribution in [0.1, 0.15) is 6.42 Å². The molecule has 0 aliphatic carbocycles. The molecule has 1 saturated heterocycles. The Morgan fingerprint density at radius 3 is 2.88 bits per heavy atom. The third-order valence-corrected chi connectivity index (χ3v) is 6.61. The highest BCUT2D eigenvalue weighted by Crippen LogP contribution is 2.29. The lowest BCUT2D eigenvalue weighted by molar-refractivity contribution is 0.582. The van der Waals surface area contributed by atoms with E-state index in [4.69, 9.17) is 0 Å². The van der Waals surface area contributed by atoms with E-state index in [2.05, 4.69) is 10.3 Å². The molecule has 1 fully saturated rings. The fourth-order valence-corrected chi connectivity index (χ4v) is 5.12. The van der Waals surface area contributed by atoms with Gasteiger partial charge in [0.2, 0.25) is 14.2 Å². The van der Waals surface area contributed by atoms with Crippen molar-refractivity contribution in [3.8, 4) is 0 Å². The summed E-state index contributed by atoms with van der Waals surface area (Å²) < 4.78 is 25.8. The minimum absolute atomic E-state index is 0.257. The summed E-state index contributed by atoms with van der Waals surface area (Å²) in [5.41, 5.74) is 0.766. The Hall–Kier alpha value is -0.980. The molecule has 1 atom stereocenters. The molecule has 90 valence electrons. The molecule has 2 heterocycles. The van der Waals surface area contributed by atoms with E-state index in [1.807, 2.05) is 24.3 Å². The van der Waals surface area contributed by atoms with Crippen LogP contribution in [-0.4, -0.2) is 31.7 Å². The molecule has 0 amide bonds. The lowest BCUT2D eigenvalue weighted by atomic mass is 10.3. The molecule has 0 spiro atoms. The second-order valence-electron chi connectivity index (χ2n) is 4.11. The monoisotopic (exact) mass is 268 g/mol. The lowest BCUT2D eigenvalue weighted by Crippen LogP contribution is -2.23. The summed E-state index contributed by atoms with van der Waals surface area (Å²) in [5.74, 6) is 0. The summed E-state index contributed by atoms with van der Waals surface area (Å²) in [4.78, 5) is 4.23. The third-order valence-electron chi connectivity index (χ3n) is 2.97. The number of nitrogens with one attached hydrogen (secondary N) is 1. The normalized spacial score (nSPS) is 21.1. The van der Waals surface area contributed by atoms with Gasteiger partial charge in [0.1, 0.15) is 0 Å². The molecule has 0 saturated carbocycles. The van der Waals surface area contributed by atoms with Gasteiger partial charge in [-0.25, -0.2) is 13.4 Å². The number of para-hydroxylation sites is 1. The molecule has 2 aromatic rings. The highest BCUT2D eigenvalue weighted by atomic mass is 32.2. The van der Waals surface area contributed by atoms with Crippen molar-refractivity contribution in [1.29, 1.82) is 0 Å². The van der Waals surface area contributed by atoms with Gasteiger partial charge >= 0.3 is 0 Å². The van der Waals surface area contributed by atoms with Gasteiger partial charge in [0.05, 0.1) is 15.5 Å². The first-order valence-corrected chi connectivity index (χ1v) is 7.84. The molecular formula is C11H12N2O2S2. The van der Waals surface area contributed by atoms with Gasteiger partial charge < -0.3 is 5.32 Å². The first-order chi connectivity index (χ1) is 8.18. The van der Waals surface area contributed by atoms with Crippen molar-refractivity contribution < 1.29 is 8.42 Å². The first kappa shape index (κ1) is 11.1. The maximum absolute atomic E-state index is 12.3. The number of benzene rings is 1. The maximum Gasteiger partial charge on any atom is 0.210 e. The van der Waals surface area contributed by atoms with Crippen molar-refractivity contribution in [2.45, 2.75) is 16.0 Å². The van der Waals surface area contributed by atoms with E-state index in [0.717, 1.165) is 16.8 Å². The van der Waals surface area contributed by atoms with Crippen molar-refractivity contribution in [1.82, 2.24) is 10.3 Å². The summed E-state index contributed by atoms with van der Waals surface area (Å²) >= 11 is 1.26. The number of hydrogen-bond donors (Lipinski definition) is 1. The maximum atomic E-state index is 12.3. The van der Waals surface area contributed by atoms with E-state index in [0.29, 0.717) is 13.0 Å². The Kier molecular flexibility index (Phi) is 2.65. The molecule has 6 heteroatoms. The molecule has 1 aliphatic heterocycles. The van der Waals surface area contributed by atoms with E-state index in [1.165, 1.54) is 11.3 Å². The zero-order chi connectivity index (χ0) is 11.9. The molecule has 3 rings (SSSR count). The molecule has 1 aliphatic rings. The van der Waals surface area contributed by atoms with E-state index >= 15 is 0 Å². The van der Waals surface area contributed by atoms with E-state index < -0.39 is 9.84 Å². The van der Waals surface area contributed by atoms with Gasteiger partial charge in [-0.05, 0) is 25.1 Å². The second-order valence-corrected chi connectivity index (χ2v) is 7.54.